The molecule has 0 saturated heterocycles. The van der Waals surface area contributed by atoms with Gasteiger partial charge in [-0.2, -0.15) is 0 Å². The molecule has 0 spiro atoms. The first-order chi connectivity index (χ1) is 19.1. The Morgan fingerprint density at radius 3 is 1.44 bits per heavy atom. The molecule has 0 radical (unpaired) electrons. The monoisotopic (exact) mass is 552 g/mol. The molecule has 0 aliphatic carbocycles. The fraction of sp³-hybridized carbons (Fsp3) is 0.882. The van der Waals surface area contributed by atoms with Crippen LogP contribution in [0, 0.1) is 0 Å². The van der Waals surface area contributed by atoms with E-state index in [1.54, 1.807) is 0 Å². The molecule has 0 aromatic rings. The van der Waals surface area contributed by atoms with Crippen molar-refractivity contribution in [3.05, 3.63) is 12.2 Å². The number of aliphatic hydroxyl groups excluding tert-OH is 1. The molecule has 0 amide bonds. The van der Waals surface area contributed by atoms with Crippen LogP contribution < -0.4 is 0 Å². The summed E-state index contributed by atoms with van der Waals surface area (Å²) in [4.78, 5) is 24.1. The number of unbranched alkanes of at least 4 members (excludes halogenated alkanes) is 20. The number of rotatable bonds is 30. The first-order valence-electron chi connectivity index (χ1n) is 16.7. The molecule has 5 heteroatoms. The third-order valence-electron chi connectivity index (χ3n) is 7.31. The van der Waals surface area contributed by atoms with E-state index in [-0.39, 0.29) is 25.2 Å². The highest BCUT2D eigenvalue weighted by Crippen LogP contribution is 2.14. The van der Waals surface area contributed by atoms with Gasteiger partial charge < -0.3 is 14.6 Å². The van der Waals surface area contributed by atoms with E-state index in [1.165, 1.54) is 103 Å². The summed E-state index contributed by atoms with van der Waals surface area (Å²) in [5.74, 6) is -0.597. The SMILES string of the molecule is CCCCC/C=C/CCCCCCCC(=O)O[C@@H](CO)COC(=O)CCCCCCCCCCCCCCC. The molecule has 1 N–H and O–H groups in total. The van der Waals surface area contributed by atoms with Gasteiger partial charge in [-0.3, -0.25) is 9.59 Å². The maximum Gasteiger partial charge on any atom is 0.306 e. The zero-order valence-electron chi connectivity index (χ0n) is 25.9. The van der Waals surface area contributed by atoms with Crippen molar-refractivity contribution in [2.24, 2.45) is 0 Å². The summed E-state index contributed by atoms with van der Waals surface area (Å²) < 4.78 is 10.5. The number of esters is 2. The van der Waals surface area contributed by atoms with Crippen LogP contribution in [0.2, 0.25) is 0 Å². The molecular formula is C34H64O5. The summed E-state index contributed by atoms with van der Waals surface area (Å²) >= 11 is 0. The minimum absolute atomic E-state index is 0.0640. The van der Waals surface area contributed by atoms with Crippen LogP contribution >= 0.6 is 0 Å². The van der Waals surface area contributed by atoms with Gasteiger partial charge in [0.05, 0.1) is 6.61 Å². The van der Waals surface area contributed by atoms with Gasteiger partial charge in [0.2, 0.25) is 0 Å². The average molecular weight is 553 g/mol. The molecule has 0 aromatic heterocycles. The maximum atomic E-state index is 12.1. The summed E-state index contributed by atoms with van der Waals surface area (Å²) in [7, 11) is 0. The van der Waals surface area contributed by atoms with Crippen LogP contribution in [-0.2, 0) is 19.1 Å². The lowest BCUT2D eigenvalue weighted by Crippen LogP contribution is -2.28. The van der Waals surface area contributed by atoms with Gasteiger partial charge in [-0.25, -0.2) is 0 Å². The van der Waals surface area contributed by atoms with Crippen LogP contribution in [0.15, 0.2) is 12.2 Å². The Hall–Kier alpha value is -1.36. The van der Waals surface area contributed by atoms with Gasteiger partial charge in [-0.1, -0.05) is 135 Å². The summed E-state index contributed by atoms with van der Waals surface area (Å²) in [5.41, 5.74) is 0. The van der Waals surface area contributed by atoms with E-state index in [4.69, 9.17) is 9.47 Å². The fourth-order valence-electron chi connectivity index (χ4n) is 4.72. The second-order valence-electron chi connectivity index (χ2n) is 11.2. The molecule has 1 atom stereocenters. The molecule has 5 nitrogen and oxygen atoms in total. The Morgan fingerprint density at radius 2 is 0.949 bits per heavy atom. The lowest BCUT2D eigenvalue weighted by atomic mass is 10.0. The Balaban J connectivity index is 3.57. The van der Waals surface area contributed by atoms with Crippen LogP contribution in [0.1, 0.15) is 174 Å². The van der Waals surface area contributed by atoms with Gasteiger partial charge in [-0.05, 0) is 38.5 Å². The van der Waals surface area contributed by atoms with Crippen molar-refractivity contribution in [2.75, 3.05) is 13.2 Å². The number of allylic oxidation sites excluding steroid dienone is 2. The number of carbonyl (C=O) groups excluding carboxylic acids is 2. The van der Waals surface area contributed by atoms with Crippen LogP contribution in [0.5, 0.6) is 0 Å². The number of ether oxygens (including phenoxy) is 2. The fourth-order valence-corrected chi connectivity index (χ4v) is 4.72. The van der Waals surface area contributed by atoms with E-state index in [2.05, 4.69) is 26.0 Å². The van der Waals surface area contributed by atoms with Crippen LogP contribution in [-0.4, -0.2) is 36.4 Å². The molecule has 0 heterocycles. The number of carbonyl (C=O) groups is 2. The predicted molar refractivity (Wildman–Crippen MR) is 164 cm³/mol. The summed E-state index contributed by atoms with van der Waals surface area (Å²) in [6.45, 7) is 4.09. The van der Waals surface area contributed by atoms with Gasteiger partial charge in [0.1, 0.15) is 6.61 Å². The van der Waals surface area contributed by atoms with E-state index in [9.17, 15) is 14.7 Å². The first-order valence-corrected chi connectivity index (χ1v) is 16.7. The highest BCUT2D eigenvalue weighted by Gasteiger charge is 2.16. The minimum Gasteiger partial charge on any atom is -0.462 e. The van der Waals surface area contributed by atoms with Crippen molar-refractivity contribution in [1.29, 1.82) is 0 Å². The highest BCUT2D eigenvalue weighted by molar-refractivity contribution is 5.70. The Kier molecular flexibility index (Phi) is 30.1. The van der Waals surface area contributed by atoms with Crippen molar-refractivity contribution in [1.82, 2.24) is 0 Å². The zero-order valence-corrected chi connectivity index (χ0v) is 25.9. The molecule has 0 fully saturated rings. The number of aliphatic hydroxyl groups is 1. The second kappa shape index (κ2) is 31.2. The van der Waals surface area contributed by atoms with Crippen molar-refractivity contribution < 1.29 is 24.2 Å². The molecule has 0 aliphatic rings. The smallest absolute Gasteiger partial charge is 0.306 e. The van der Waals surface area contributed by atoms with Gasteiger partial charge in [0, 0.05) is 12.8 Å². The molecule has 0 saturated carbocycles. The second-order valence-corrected chi connectivity index (χ2v) is 11.2. The van der Waals surface area contributed by atoms with Crippen molar-refractivity contribution in [3.8, 4) is 0 Å². The van der Waals surface area contributed by atoms with E-state index in [0.717, 1.165) is 44.9 Å². The van der Waals surface area contributed by atoms with Crippen molar-refractivity contribution in [2.45, 2.75) is 180 Å². The topological polar surface area (TPSA) is 72.8 Å². The molecule has 39 heavy (non-hydrogen) atoms. The third-order valence-corrected chi connectivity index (χ3v) is 7.31. The molecular weight excluding hydrogens is 488 g/mol. The highest BCUT2D eigenvalue weighted by atomic mass is 16.6. The maximum absolute atomic E-state index is 12.1. The lowest BCUT2D eigenvalue weighted by Gasteiger charge is -2.15. The van der Waals surface area contributed by atoms with Crippen molar-refractivity contribution in [3.63, 3.8) is 0 Å². The molecule has 0 bridgehead atoms. The summed E-state index contributed by atoms with van der Waals surface area (Å²) in [6.07, 6.45) is 32.6. The van der Waals surface area contributed by atoms with Crippen LogP contribution in [0.4, 0.5) is 0 Å². The molecule has 0 rings (SSSR count). The van der Waals surface area contributed by atoms with E-state index in [1.807, 2.05) is 0 Å². The minimum atomic E-state index is -0.766. The van der Waals surface area contributed by atoms with Gasteiger partial charge in [0.25, 0.3) is 0 Å². The Bertz CT molecular complexity index is 560. The quantitative estimate of drug-likeness (QED) is 0.0545. The van der Waals surface area contributed by atoms with Gasteiger partial charge in [0.15, 0.2) is 6.10 Å². The number of hydrogen-bond donors (Lipinski definition) is 1. The van der Waals surface area contributed by atoms with E-state index in [0.29, 0.717) is 12.8 Å². The largest absolute Gasteiger partial charge is 0.462 e. The lowest BCUT2D eigenvalue weighted by molar-refractivity contribution is -0.161. The summed E-state index contributed by atoms with van der Waals surface area (Å²) in [6, 6.07) is 0. The molecule has 0 aliphatic heterocycles. The normalized spacial score (nSPS) is 12.2. The van der Waals surface area contributed by atoms with Crippen molar-refractivity contribution >= 4 is 11.9 Å². The van der Waals surface area contributed by atoms with E-state index < -0.39 is 6.10 Å². The standard InChI is InChI=1S/C34H64O5/c1-3-5-7-9-11-13-15-17-19-20-22-24-26-28-33(36)38-31-32(30-35)39-34(37)29-27-25-23-21-18-16-14-12-10-8-6-4-2/h12,14,32,35H,3-11,13,15-31H2,1-2H3/b14-12+/t32-/m0/s1. The third kappa shape index (κ3) is 29.4. The predicted octanol–water partition coefficient (Wildman–Crippen LogP) is 9.78. The summed E-state index contributed by atoms with van der Waals surface area (Å²) in [5, 5.41) is 9.49. The van der Waals surface area contributed by atoms with E-state index >= 15 is 0 Å². The number of hydrogen-bond acceptors (Lipinski definition) is 5. The van der Waals surface area contributed by atoms with Crippen LogP contribution in [0.25, 0.3) is 0 Å². The average Bonchev–Trinajstić information content (AvgIpc) is 2.94. The molecule has 0 unspecified atom stereocenters. The molecule has 230 valence electrons. The Morgan fingerprint density at radius 1 is 0.564 bits per heavy atom. The Labute approximate surface area is 241 Å². The van der Waals surface area contributed by atoms with Gasteiger partial charge >= 0.3 is 11.9 Å². The molecule has 0 aromatic carbocycles. The van der Waals surface area contributed by atoms with Gasteiger partial charge in [-0.15, -0.1) is 0 Å². The first kappa shape index (κ1) is 37.6. The zero-order chi connectivity index (χ0) is 28.7. The van der Waals surface area contributed by atoms with Crippen LogP contribution in [0.3, 0.4) is 0 Å².